The largest absolute Gasteiger partial charge is 0.384 e. The molecule has 3 rings (SSSR count). The maximum Gasteiger partial charge on any atom is 0.123 e. The van der Waals surface area contributed by atoms with E-state index in [2.05, 4.69) is 6.92 Å². The van der Waals surface area contributed by atoms with Gasteiger partial charge in [0.1, 0.15) is 11.4 Å². The van der Waals surface area contributed by atoms with Crippen molar-refractivity contribution in [3.05, 3.63) is 35.0 Å². The smallest absolute Gasteiger partial charge is 0.123 e. The van der Waals surface area contributed by atoms with Crippen molar-refractivity contribution in [1.29, 1.82) is 0 Å². The van der Waals surface area contributed by atoms with Crippen LogP contribution in [0.4, 0.5) is 4.39 Å². The van der Waals surface area contributed by atoms with Gasteiger partial charge < -0.3 is 5.11 Å². The Morgan fingerprint density at radius 1 is 1.47 bits per heavy atom. The Hall–Kier alpha value is -0.930. The van der Waals surface area contributed by atoms with Crippen molar-refractivity contribution in [3.63, 3.8) is 0 Å². The number of hydrogen-bond donors (Lipinski definition) is 1. The molecule has 0 saturated heterocycles. The maximum absolute atomic E-state index is 13.1. The molecular weight excluding hydrogens is 235 g/mol. The maximum atomic E-state index is 13.1. The molecule has 1 aromatic carbocycles. The summed E-state index contributed by atoms with van der Waals surface area (Å²) >= 11 is 1.59. The Labute approximate surface area is 104 Å². The molecule has 1 N–H and O–H groups in total. The third-order valence-electron chi connectivity index (χ3n) is 3.62. The average Bonchev–Trinajstić information content (AvgIpc) is 2.76. The lowest BCUT2D eigenvalue weighted by atomic mass is 10.1. The summed E-state index contributed by atoms with van der Waals surface area (Å²) in [6.07, 6.45) is 3.03. The second-order valence-corrected chi connectivity index (χ2v) is 5.99. The highest BCUT2D eigenvalue weighted by Gasteiger charge is 2.54. The summed E-state index contributed by atoms with van der Waals surface area (Å²) < 4.78 is 14.2. The van der Waals surface area contributed by atoms with Crippen LogP contribution in [0, 0.1) is 11.7 Å². The summed E-state index contributed by atoms with van der Waals surface area (Å²) in [5.41, 5.74) is -0.629. The number of halogens is 1. The van der Waals surface area contributed by atoms with Gasteiger partial charge in [-0.05, 0) is 48.4 Å². The van der Waals surface area contributed by atoms with Crippen LogP contribution in [-0.2, 0) is 5.60 Å². The van der Waals surface area contributed by atoms with Crippen LogP contribution >= 0.6 is 11.3 Å². The Balaban J connectivity index is 1.97. The van der Waals surface area contributed by atoms with Crippen LogP contribution < -0.4 is 0 Å². The van der Waals surface area contributed by atoms with Gasteiger partial charge in [-0.3, -0.25) is 0 Å². The number of hydrogen-bond acceptors (Lipinski definition) is 2. The SMILES string of the molecule is CCCC1CC1(O)c1cc2cc(F)ccc2s1. The number of rotatable bonds is 3. The first-order valence-corrected chi connectivity index (χ1v) is 6.87. The van der Waals surface area contributed by atoms with Crippen molar-refractivity contribution in [1.82, 2.24) is 0 Å². The predicted octanol–water partition coefficient (Wildman–Crippen LogP) is 4.05. The highest BCUT2D eigenvalue weighted by Crippen LogP contribution is 2.56. The van der Waals surface area contributed by atoms with E-state index in [1.165, 1.54) is 12.1 Å². The Morgan fingerprint density at radius 3 is 3.06 bits per heavy atom. The van der Waals surface area contributed by atoms with E-state index in [9.17, 15) is 9.50 Å². The van der Waals surface area contributed by atoms with Gasteiger partial charge in [0.15, 0.2) is 0 Å². The van der Waals surface area contributed by atoms with Crippen molar-refractivity contribution in [2.75, 3.05) is 0 Å². The lowest BCUT2D eigenvalue weighted by Gasteiger charge is -2.06. The van der Waals surface area contributed by atoms with Gasteiger partial charge in [0.05, 0.1) is 0 Å². The van der Waals surface area contributed by atoms with Gasteiger partial charge in [-0.1, -0.05) is 13.3 Å². The quantitative estimate of drug-likeness (QED) is 0.871. The van der Waals surface area contributed by atoms with Gasteiger partial charge >= 0.3 is 0 Å². The molecule has 0 bridgehead atoms. The van der Waals surface area contributed by atoms with E-state index >= 15 is 0 Å². The summed E-state index contributed by atoms with van der Waals surface area (Å²) in [5.74, 6) is 0.181. The Kier molecular flexibility index (Phi) is 2.49. The van der Waals surface area contributed by atoms with Gasteiger partial charge in [-0.15, -0.1) is 11.3 Å². The molecule has 0 amide bonds. The van der Waals surface area contributed by atoms with E-state index in [0.29, 0.717) is 5.92 Å². The van der Waals surface area contributed by atoms with E-state index in [1.54, 1.807) is 17.4 Å². The first-order valence-electron chi connectivity index (χ1n) is 6.05. The number of aliphatic hydroxyl groups is 1. The molecule has 2 atom stereocenters. The minimum absolute atomic E-state index is 0.213. The Bertz CT molecular complexity index is 562. The fraction of sp³-hybridized carbons (Fsp3) is 0.429. The van der Waals surface area contributed by atoms with Gasteiger partial charge in [0.25, 0.3) is 0 Å². The van der Waals surface area contributed by atoms with Crippen molar-refractivity contribution in [2.45, 2.75) is 31.8 Å². The Morgan fingerprint density at radius 2 is 2.29 bits per heavy atom. The highest BCUT2D eigenvalue weighted by atomic mass is 32.1. The molecule has 17 heavy (non-hydrogen) atoms. The molecule has 1 aliphatic rings. The van der Waals surface area contributed by atoms with Crippen LogP contribution in [0.25, 0.3) is 10.1 Å². The monoisotopic (exact) mass is 250 g/mol. The molecule has 2 aromatic rings. The van der Waals surface area contributed by atoms with E-state index in [-0.39, 0.29) is 5.82 Å². The van der Waals surface area contributed by atoms with Gasteiger partial charge in [-0.25, -0.2) is 4.39 Å². The molecule has 2 unspecified atom stereocenters. The van der Waals surface area contributed by atoms with Crippen LogP contribution in [-0.4, -0.2) is 5.11 Å². The first-order chi connectivity index (χ1) is 8.13. The minimum atomic E-state index is -0.629. The topological polar surface area (TPSA) is 20.2 Å². The molecule has 1 saturated carbocycles. The van der Waals surface area contributed by atoms with Gasteiger partial charge in [0, 0.05) is 9.58 Å². The standard InChI is InChI=1S/C14H15FOS/c1-2-3-10-8-14(10,16)13-7-9-6-11(15)4-5-12(9)17-13/h4-7,10,16H,2-3,8H2,1H3. The third-order valence-corrected chi connectivity index (χ3v) is 4.90. The van der Waals surface area contributed by atoms with E-state index in [4.69, 9.17) is 0 Å². The lowest BCUT2D eigenvalue weighted by Crippen LogP contribution is -2.05. The zero-order valence-corrected chi connectivity index (χ0v) is 10.6. The normalized spacial score (nSPS) is 27.6. The van der Waals surface area contributed by atoms with Crippen molar-refractivity contribution in [3.8, 4) is 0 Å². The molecule has 1 aliphatic carbocycles. The molecule has 0 aliphatic heterocycles. The van der Waals surface area contributed by atoms with E-state index in [0.717, 1.165) is 34.2 Å². The molecule has 0 spiro atoms. The minimum Gasteiger partial charge on any atom is -0.384 e. The van der Waals surface area contributed by atoms with Crippen LogP contribution in [0.1, 0.15) is 31.1 Å². The summed E-state index contributed by atoms with van der Waals surface area (Å²) in [6.45, 7) is 2.14. The van der Waals surface area contributed by atoms with Crippen LogP contribution in [0.2, 0.25) is 0 Å². The number of benzene rings is 1. The summed E-state index contributed by atoms with van der Waals surface area (Å²) in [7, 11) is 0. The first kappa shape index (κ1) is 11.2. The summed E-state index contributed by atoms with van der Waals surface area (Å²) in [5, 5.41) is 11.4. The van der Waals surface area contributed by atoms with Gasteiger partial charge in [0.2, 0.25) is 0 Å². The fourth-order valence-corrected chi connectivity index (χ4v) is 3.76. The number of thiophene rings is 1. The van der Waals surface area contributed by atoms with Crippen molar-refractivity contribution < 1.29 is 9.50 Å². The van der Waals surface area contributed by atoms with Crippen LogP contribution in [0.15, 0.2) is 24.3 Å². The zero-order valence-electron chi connectivity index (χ0n) is 9.74. The average molecular weight is 250 g/mol. The second-order valence-electron chi connectivity index (χ2n) is 4.91. The van der Waals surface area contributed by atoms with E-state index < -0.39 is 5.60 Å². The fourth-order valence-electron chi connectivity index (χ4n) is 2.54. The summed E-state index contributed by atoms with van der Waals surface area (Å²) in [4.78, 5) is 0.997. The van der Waals surface area contributed by atoms with Gasteiger partial charge in [-0.2, -0.15) is 0 Å². The van der Waals surface area contributed by atoms with Crippen molar-refractivity contribution >= 4 is 21.4 Å². The molecule has 1 fully saturated rings. The van der Waals surface area contributed by atoms with E-state index in [1.807, 2.05) is 6.07 Å². The van der Waals surface area contributed by atoms with Crippen molar-refractivity contribution in [2.24, 2.45) is 5.92 Å². The second kappa shape index (κ2) is 3.79. The molecule has 1 aromatic heterocycles. The number of fused-ring (bicyclic) bond motifs is 1. The molecule has 0 radical (unpaired) electrons. The molecular formula is C14H15FOS. The van der Waals surface area contributed by atoms with Crippen LogP contribution in [0.5, 0.6) is 0 Å². The molecule has 1 heterocycles. The lowest BCUT2D eigenvalue weighted by molar-refractivity contribution is 0.133. The highest BCUT2D eigenvalue weighted by molar-refractivity contribution is 7.19. The molecule has 3 heteroatoms. The predicted molar refractivity (Wildman–Crippen MR) is 68.7 cm³/mol. The zero-order chi connectivity index (χ0) is 12.0. The van der Waals surface area contributed by atoms with Crippen LogP contribution in [0.3, 0.4) is 0 Å². The third kappa shape index (κ3) is 1.78. The molecule has 90 valence electrons. The summed E-state index contributed by atoms with van der Waals surface area (Å²) in [6, 6.07) is 6.75. The molecule has 1 nitrogen and oxygen atoms in total.